The average Bonchev–Trinajstić information content (AvgIpc) is 1.66. The zero-order chi connectivity index (χ0) is 90.9. The zero-order valence-electron chi connectivity index (χ0n) is 77.0. The lowest BCUT2D eigenvalue weighted by Gasteiger charge is -2.23. The number of para-hydroxylation sites is 6. The lowest BCUT2D eigenvalue weighted by atomic mass is 9.81. The van der Waals surface area contributed by atoms with Crippen LogP contribution in [0.25, 0.3) is 246 Å². The number of hydrogen-bond acceptors (Lipinski definition) is 3. The van der Waals surface area contributed by atoms with Gasteiger partial charge in [-0.1, -0.05) is 329 Å². The lowest BCUT2D eigenvalue weighted by Crippen LogP contribution is -2.10. The molecule has 27 aromatic rings. The van der Waals surface area contributed by atoms with Gasteiger partial charge in [0.15, 0.2) is 0 Å². The van der Waals surface area contributed by atoms with Crippen molar-refractivity contribution in [2.45, 2.75) is 78.6 Å². The smallest absolute Gasteiger partial charge is 0.0708 e. The highest BCUT2D eigenvalue weighted by atomic mass is 15.0. The molecule has 0 aliphatic carbocycles. The molecule has 0 fully saturated rings. The number of nitrogens with zero attached hydrogens (tertiary/aromatic N) is 6. The molecule has 135 heavy (non-hydrogen) atoms. The van der Waals surface area contributed by atoms with E-state index in [1.54, 1.807) is 0 Å². The highest BCUT2D eigenvalue weighted by molar-refractivity contribution is 6.32. The van der Waals surface area contributed by atoms with Crippen molar-refractivity contribution in [3.63, 3.8) is 0 Å². The highest BCUT2D eigenvalue weighted by Gasteiger charge is 2.28. The molecule has 0 unspecified atom stereocenters. The van der Waals surface area contributed by atoms with Gasteiger partial charge in [0.2, 0.25) is 0 Å². The van der Waals surface area contributed by atoms with Gasteiger partial charge in [0.05, 0.1) is 44.5 Å². The fourth-order valence-corrected chi connectivity index (χ4v) is 22.0. The van der Waals surface area contributed by atoms with Crippen LogP contribution in [0.2, 0.25) is 0 Å². The van der Waals surface area contributed by atoms with E-state index < -0.39 is 0 Å². The van der Waals surface area contributed by atoms with Gasteiger partial charge in [-0.3, -0.25) is 15.0 Å². The van der Waals surface area contributed by atoms with E-state index in [1.165, 1.54) is 229 Å². The molecule has 6 nitrogen and oxygen atoms in total. The predicted octanol–water partition coefficient (Wildman–Crippen LogP) is 35.1. The summed E-state index contributed by atoms with van der Waals surface area (Å²) >= 11 is 0. The van der Waals surface area contributed by atoms with Crippen LogP contribution < -0.4 is 0 Å². The van der Waals surface area contributed by atoms with Crippen molar-refractivity contribution in [1.82, 2.24) is 28.7 Å². The van der Waals surface area contributed by atoms with Crippen LogP contribution in [0.5, 0.6) is 0 Å². The molecule has 0 atom stereocenters. The Bertz CT molecular complexity index is 8820. The van der Waals surface area contributed by atoms with Crippen molar-refractivity contribution in [3.8, 4) is 84.1 Å². The van der Waals surface area contributed by atoms with Crippen LogP contribution in [-0.2, 0) is 16.2 Å². The molecule has 0 amide bonds. The van der Waals surface area contributed by atoms with Gasteiger partial charge in [-0.2, -0.15) is 0 Å². The van der Waals surface area contributed by atoms with Crippen LogP contribution in [0.1, 0.15) is 79.0 Å². The summed E-state index contributed by atoms with van der Waals surface area (Å²) < 4.78 is 7.18. The van der Waals surface area contributed by atoms with Gasteiger partial charge >= 0.3 is 0 Å². The number of fused-ring (bicyclic) bond motifs is 9. The summed E-state index contributed by atoms with van der Waals surface area (Å²) in [5, 5.41) is 31.0. The van der Waals surface area contributed by atoms with Crippen LogP contribution in [-0.4, -0.2) is 28.7 Å². The van der Waals surface area contributed by atoms with E-state index in [1.807, 2.05) is 36.9 Å². The molecular formula is C129H96N6. The minimum atomic E-state index is 0.0714. The molecule has 0 radical (unpaired) electrons. The van der Waals surface area contributed by atoms with Gasteiger partial charge in [-0.15, -0.1) is 0 Å². The highest BCUT2D eigenvalue weighted by Crippen LogP contribution is 2.51. The standard InChI is InChI=1S/3C43H32N2/c1-43(2,3)30-23-28-18-20-34-36(26-37(38-15-8-9-22-44-38)35-21-19-29(24-30)41(28)42(34)35)27-11-10-12-31(25-27)45-39-16-6-4-13-32(39)33-14-5-7-17-40(33)45;1-43(2,3)31-23-29-15-17-35-37(27-19-21-44-22-20-27)26-38(36-18-16-30(24-31)41(29)42(35)36)28-9-8-10-32(25-28)45-39-13-6-4-11-33(39)34-12-5-7-14-40(34)45;1-43(2,3)30-24-28-17-21-34-36(26-37(38-12-8-9-23-44-38)35-22-18-29(25-30)41(28)42(34)35)27-15-19-31(20-16-27)45-39-13-6-4-10-32(39)33-11-5-7-14-40(33)45/h3*4-26H,1-3H3. The van der Waals surface area contributed by atoms with Crippen LogP contribution >= 0.6 is 0 Å². The summed E-state index contributed by atoms with van der Waals surface area (Å²) in [4.78, 5) is 14.0. The first kappa shape index (κ1) is 80.7. The second-order valence-corrected chi connectivity index (χ2v) is 39.8. The molecule has 27 rings (SSSR count). The molecular weight excluding hydrogens is 1630 g/mol. The zero-order valence-corrected chi connectivity index (χ0v) is 77.0. The third kappa shape index (κ3) is 13.3. The van der Waals surface area contributed by atoms with Crippen molar-refractivity contribution in [2.24, 2.45) is 0 Å². The Kier molecular flexibility index (Phi) is 18.6. The number of aromatic nitrogens is 6. The van der Waals surface area contributed by atoms with E-state index in [0.29, 0.717) is 0 Å². The summed E-state index contributed by atoms with van der Waals surface area (Å²) in [6, 6.07) is 145. The molecule has 0 saturated heterocycles. The van der Waals surface area contributed by atoms with Gasteiger partial charge in [0, 0.05) is 85.3 Å². The molecule has 0 aliphatic heterocycles. The molecule has 0 aliphatic rings. The van der Waals surface area contributed by atoms with Crippen molar-refractivity contribution < 1.29 is 0 Å². The molecule has 642 valence electrons. The maximum absolute atomic E-state index is 4.83. The Morgan fingerprint density at radius 1 is 0.178 bits per heavy atom. The molecule has 0 spiro atoms. The Labute approximate surface area is 784 Å². The summed E-state index contributed by atoms with van der Waals surface area (Å²) in [5.74, 6) is 0. The Hall–Kier alpha value is -16.4. The van der Waals surface area contributed by atoms with Crippen molar-refractivity contribution in [2.75, 3.05) is 0 Å². The van der Waals surface area contributed by atoms with Crippen LogP contribution in [0, 0.1) is 0 Å². The van der Waals surface area contributed by atoms with E-state index >= 15 is 0 Å². The fourth-order valence-electron chi connectivity index (χ4n) is 22.0. The second-order valence-electron chi connectivity index (χ2n) is 39.8. The Balaban J connectivity index is 0.000000108. The molecule has 21 aromatic carbocycles. The van der Waals surface area contributed by atoms with Gasteiger partial charge in [0.1, 0.15) is 0 Å². The molecule has 0 N–H and O–H groups in total. The van der Waals surface area contributed by atoms with E-state index in [0.717, 1.165) is 34.0 Å². The molecule has 6 heterocycles. The Morgan fingerprint density at radius 2 is 0.444 bits per heavy atom. The van der Waals surface area contributed by atoms with Gasteiger partial charge in [-0.25, -0.2) is 0 Å². The summed E-state index contributed by atoms with van der Waals surface area (Å²) in [5.41, 5.74) is 29.1. The first-order valence-corrected chi connectivity index (χ1v) is 47.2. The first-order valence-electron chi connectivity index (χ1n) is 47.2. The summed E-state index contributed by atoms with van der Waals surface area (Å²) in [6.07, 6.45) is 7.57. The fraction of sp³-hybridized carbons (Fsp3) is 0.0930. The van der Waals surface area contributed by atoms with E-state index in [9.17, 15) is 0 Å². The number of hydrogen-bond donors (Lipinski definition) is 0. The summed E-state index contributed by atoms with van der Waals surface area (Å²) in [7, 11) is 0. The molecule has 6 heteroatoms. The maximum Gasteiger partial charge on any atom is 0.0708 e. The molecule has 0 saturated carbocycles. The summed E-state index contributed by atoms with van der Waals surface area (Å²) in [6.45, 7) is 20.6. The third-order valence-corrected chi connectivity index (χ3v) is 28.6. The van der Waals surface area contributed by atoms with Crippen molar-refractivity contribution in [3.05, 3.63) is 436 Å². The predicted molar refractivity (Wildman–Crippen MR) is 576 cm³/mol. The van der Waals surface area contributed by atoms with Gasteiger partial charge in [-0.05, 0) is 302 Å². The topological polar surface area (TPSA) is 53.5 Å². The van der Waals surface area contributed by atoms with Crippen LogP contribution in [0.4, 0.5) is 0 Å². The quantitative estimate of drug-likeness (QED) is 0.135. The average molecular weight is 1730 g/mol. The van der Waals surface area contributed by atoms with Crippen LogP contribution in [0.3, 0.4) is 0 Å². The normalized spacial score (nSPS) is 12.3. The number of benzene rings is 21. The van der Waals surface area contributed by atoms with E-state index in [2.05, 4.69) is 463 Å². The third-order valence-electron chi connectivity index (χ3n) is 28.6. The van der Waals surface area contributed by atoms with Crippen molar-refractivity contribution in [1.29, 1.82) is 0 Å². The first-order chi connectivity index (χ1) is 65.9. The second kappa shape index (κ2) is 31.1. The van der Waals surface area contributed by atoms with E-state index in [4.69, 9.17) is 9.97 Å². The van der Waals surface area contributed by atoms with Gasteiger partial charge in [0.25, 0.3) is 0 Å². The minimum Gasteiger partial charge on any atom is -0.309 e. The Morgan fingerprint density at radius 3 is 0.741 bits per heavy atom. The van der Waals surface area contributed by atoms with Gasteiger partial charge < -0.3 is 13.7 Å². The maximum atomic E-state index is 4.83. The molecule has 0 bridgehead atoms. The van der Waals surface area contributed by atoms with E-state index in [-0.39, 0.29) is 16.2 Å². The SMILES string of the molecule is CC(C)(C)c1cc2ccc3c(-c4ccc(-n5c6ccccc6c6ccccc65)cc4)cc(-c4ccccn4)c4ccc(c1)c2c34.CC(C)(C)c1cc2ccc3c(-c4cccc(-n5c6ccccc6c6ccccc65)c4)cc(-c4ccccn4)c4ccc(c1)c2c34.CC(C)(C)c1cc2ccc3c(-c4ccncc4)cc(-c4cccc(-n5c6ccccc6c6ccccc65)c4)c4ccc(c1)c2c34. The minimum absolute atomic E-state index is 0.0714. The lowest BCUT2D eigenvalue weighted by molar-refractivity contribution is 0.591. The monoisotopic (exact) mass is 1730 g/mol. The number of pyridine rings is 3. The van der Waals surface area contributed by atoms with Crippen LogP contribution in [0.15, 0.2) is 419 Å². The number of rotatable bonds is 9. The van der Waals surface area contributed by atoms with Crippen molar-refractivity contribution >= 4 is 162 Å². The largest absolute Gasteiger partial charge is 0.309 e. The molecule has 6 aromatic heterocycles.